The topological polar surface area (TPSA) is 24.7 Å². The van der Waals surface area contributed by atoms with E-state index in [0.29, 0.717) is 6.54 Å². The van der Waals surface area contributed by atoms with Crippen LogP contribution in [0.1, 0.15) is 16.7 Å². The number of hydrogen-bond acceptors (Lipinski definition) is 2. The van der Waals surface area contributed by atoms with Crippen molar-refractivity contribution in [2.45, 2.75) is 6.54 Å². The average Bonchev–Trinajstić information content (AvgIpc) is 3.20. The van der Waals surface area contributed by atoms with E-state index < -0.39 is 0 Å². The van der Waals surface area contributed by atoms with E-state index in [4.69, 9.17) is 4.99 Å². The maximum atomic E-state index is 5.18. The number of rotatable bonds is 8. The van der Waals surface area contributed by atoms with Crippen LogP contribution in [-0.2, 0) is 6.54 Å². The number of nitrogens with zero attached hydrogens (tertiary/aromatic N) is 2. The molecule has 0 radical (unpaired) electrons. The quantitative estimate of drug-likeness (QED) is 0.115. The smallest absolute Gasteiger partial charge is 0.0716 e. The second kappa shape index (κ2) is 13.0. The molecule has 0 aliphatic heterocycles. The van der Waals surface area contributed by atoms with Crippen LogP contribution in [0.3, 0.4) is 0 Å². The fraction of sp³-hybridized carbons (Fsp3) is 0.0204. The van der Waals surface area contributed by atoms with Gasteiger partial charge in [-0.1, -0.05) is 176 Å². The monoisotopic (exact) mass is 650 g/mol. The van der Waals surface area contributed by atoms with Crippen LogP contribution in [0.5, 0.6) is 0 Å². The Labute approximate surface area is 297 Å². The maximum Gasteiger partial charge on any atom is 0.0716 e. The molecule has 0 atom stereocenters. The first-order chi connectivity index (χ1) is 25.2. The third-order valence-corrected chi connectivity index (χ3v) is 10.0. The van der Waals surface area contributed by atoms with Crippen LogP contribution in [0.25, 0.3) is 71.0 Å². The Kier molecular flexibility index (Phi) is 7.75. The van der Waals surface area contributed by atoms with Crippen LogP contribution < -0.4 is 0 Å². The molecule has 240 valence electrons. The third kappa shape index (κ3) is 5.67. The standard InChI is InChI=1S/C49H34N2/c1-50-46(38-10-3-2-4-11-38)31-47(44-16-8-12-36-9-5-6-15-42(36)44)51-32-33-17-19-34(20-18-33)35-21-23-37(24-22-35)43-29-27-41-26-25-39-13-7-14-40-28-30-45(43)49(41)48(39)40/h2-31H,1,32H2/b46-31-,51-47?. The molecule has 0 saturated carbocycles. The van der Waals surface area contributed by atoms with Gasteiger partial charge in [-0.15, -0.1) is 0 Å². The largest absolute Gasteiger partial charge is 0.280 e. The lowest BCUT2D eigenvalue weighted by Crippen LogP contribution is -2.01. The zero-order chi connectivity index (χ0) is 34.1. The predicted molar refractivity (Wildman–Crippen MR) is 219 cm³/mol. The van der Waals surface area contributed by atoms with Gasteiger partial charge in [-0.3, -0.25) is 9.98 Å². The lowest BCUT2D eigenvalue weighted by atomic mass is 9.89. The molecule has 0 saturated heterocycles. The van der Waals surface area contributed by atoms with Crippen molar-refractivity contribution in [2.24, 2.45) is 9.98 Å². The van der Waals surface area contributed by atoms with E-state index in [1.165, 1.54) is 60.0 Å². The highest BCUT2D eigenvalue weighted by molar-refractivity contribution is 6.25. The van der Waals surface area contributed by atoms with Gasteiger partial charge in [-0.25, -0.2) is 0 Å². The molecule has 0 amide bonds. The van der Waals surface area contributed by atoms with Gasteiger partial charge >= 0.3 is 0 Å². The third-order valence-electron chi connectivity index (χ3n) is 10.0. The van der Waals surface area contributed by atoms with Gasteiger partial charge in [-0.05, 0) is 83.7 Å². The molecule has 0 fully saturated rings. The molecule has 0 bridgehead atoms. The summed E-state index contributed by atoms with van der Waals surface area (Å²) in [7, 11) is 0. The van der Waals surface area contributed by atoms with E-state index in [1.807, 2.05) is 18.2 Å². The molecule has 0 heterocycles. The summed E-state index contributed by atoms with van der Waals surface area (Å²) in [5, 5.41) is 10.2. The lowest BCUT2D eigenvalue weighted by molar-refractivity contribution is 1.07. The zero-order valence-electron chi connectivity index (χ0n) is 28.1. The first-order valence-corrected chi connectivity index (χ1v) is 17.4. The summed E-state index contributed by atoms with van der Waals surface area (Å²) in [6, 6.07) is 62.8. The Balaban J connectivity index is 1.02. The lowest BCUT2D eigenvalue weighted by Gasteiger charge is -2.14. The summed E-state index contributed by atoms with van der Waals surface area (Å²) in [4.78, 5) is 9.58. The van der Waals surface area contributed by atoms with Gasteiger partial charge in [0.15, 0.2) is 0 Å². The van der Waals surface area contributed by atoms with Crippen LogP contribution in [0.15, 0.2) is 192 Å². The van der Waals surface area contributed by atoms with E-state index >= 15 is 0 Å². The number of allylic oxidation sites excluding steroid dienone is 1. The Morgan fingerprint density at radius 2 is 1.06 bits per heavy atom. The van der Waals surface area contributed by atoms with Crippen LogP contribution >= 0.6 is 0 Å². The molecule has 2 nitrogen and oxygen atoms in total. The molecule has 9 rings (SSSR count). The van der Waals surface area contributed by atoms with Gasteiger partial charge in [0.1, 0.15) is 0 Å². The highest BCUT2D eigenvalue weighted by Gasteiger charge is 2.13. The van der Waals surface area contributed by atoms with Gasteiger partial charge in [0.25, 0.3) is 0 Å². The molecule has 51 heavy (non-hydrogen) atoms. The van der Waals surface area contributed by atoms with Crippen molar-refractivity contribution in [2.75, 3.05) is 0 Å². The van der Waals surface area contributed by atoms with Gasteiger partial charge < -0.3 is 0 Å². The summed E-state index contributed by atoms with van der Waals surface area (Å²) < 4.78 is 0. The summed E-state index contributed by atoms with van der Waals surface area (Å²) in [6.07, 6.45) is 2.06. The Hall–Kier alpha value is -6.64. The molecule has 0 N–H and O–H groups in total. The zero-order valence-corrected chi connectivity index (χ0v) is 28.1. The van der Waals surface area contributed by atoms with Crippen molar-refractivity contribution < 1.29 is 0 Å². The average molecular weight is 651 g/mol. The predicted octanol–water partition coefficient (Wildman–Crippen LogP) is 12.8. The van der Waals surface area contributed by atoms with Gasteiger partial charge in [0, 0.05) is 11.1 Å². The minimum Gasteiger partial charge on any atom is -0.280 e. The highest BCUT2D eigenvalue weighted by Crippen LogP contribution is 2.39. The van der Waals surface area contributed by atoms with Crippen molar-refractivity contribution in [3.63, 3.8) is 0 Å². The second-order valence-corrected chi connectivity index (χ2v) is 13.0. The number of hydrogen-bond donors (Lipinski definition) is 0. The van der Waals surface area contributed by atoms with Gasteiger partial charge in [0.05, 0.1) is 18.0 Å². The minimum atomic E-state index is 0.544. The molecule has 0 unspecified atom stereocenters. The van der Waals surface area contributed by atoms with Crippen molar-refractivity contribution in [1.29, 1.82) is 0 Å². The summed E-state index contributed by atoms with van der Waals surface area (Å²) in [5.74, 6) is 0. The summed E-state index contributed by atoms with van der Waals surface area (Å²) >= 11 is 0. The number of aliphatic imine (C=N–C) groups is 2. The van der Waals surface area contributed by atoms with E-state index in [9.17, 15) is 0 Å². The highest BCUT2D eigenvalue weighted by atomic mass is 14.8. The van der Waals surface area contributed by atoms with Crippen LogP contribution in [0.4, 0.5) is 0 Å². The first kappa shape index (κ1) is 30.4. The Bertz CT molecular complexity index is 2730. The molecular formula is C49H34N2. The van der Waals surface area contributed by atoms with E-state index in [-0.39, 0.29) is 0 Å². The first-order valence-electron chi connectivity index (χ1n) is 17.4. The molecule has 0 aromatic heterocycles. The molecule has 2 heteroatoms. The van der Waals surface area contributed by atoms with Crippen LogP contribution in [0, 0.1) is 0 Å². The van der Waals surface area contributed by atoms with Crippen molar-refractivity contribution >= 4 is 61.2 Å². The molecule has 9 aromatic carbocycles. The van der Waals surface area contributed by atoms with Crippen molar-refractivity contribution in [1.82, 2.24) is 0 Å². The van der Waals surface area contributed by atoms with E-state index in [1.54, 1.807) is 0 Å². The fourth-order valence-electron chi connectivity index (χ4n) is 7.42. The van der Waals surface area contributed by atoms with E-state index in [2.05, 4.69) is 176 Å². The molecule has 0 spiro atoms. The van der Waals surface area contributed by atoms with Crippen molar-refractivity contribution in [3.05, 3.63) is 199 Å². The fourth-order valence-corrected chi connectivity index (χ4v) is 7.42. The van der Waals surface area contributed by atoms with Gasteiger partial charge in [-0.2, -0.15) is 0 Å². The molecule has 0 aliphatic carbocycles. The molecule has 9 aromatic rings. The second-order valence-electron chi connectivity index (χ2n) is 13.0. The van der Waals surface area contributed by atoms with Crippen LogP contribution in [-0.4, -0.2) is 12.4 Å². The summed E-state index contributed by atoms with van der Waals surface area (Å²) in [6.45, 7) is 4.43. The summed E-state index contributed by atoms with van der Waals surface area (Å²) in [5.41, 5.74) is 9.76. The molecular weight excluding hydrogens is 617 g/mol. The van der Waals surface area contributed by atoms with Crippen molar-refractivity contribution in [3.8, 4) is 22.3 Å². The molecule has 0 aliphatic rings. The minimum absolute atomic E-state index is 0.544. The van der Waals surface area contributed by atoms with E-state index in [0.717, 1.165) is 33.5 Å². The number of benzene rings is 9. The SMILES string of the molecule is C=N/C(=C\C(=NCc1ccc(-c2ccc(-c3ccc4ccc5cccc6ccc3c4c56)cc2)cc1)c1cccc2ccccc12)c1ccccc1. The van der Waals surface area contributed by atoms with Crippen LogP contribution in [0.2, 0.25) is 0 Å². The number of fused-ring (bicyclic) bond motifs is 1. The Morgan fingerprint density at radius 1 is 0.471 bits per heavy atom. The maximum absolute atomic E-state index is 5.18. The normalized spacial score (nSPS) is 12.3. The Morgan fingerprint density at radius 3 is 1.82 bits per heavy atom. The van der Waals surface area contributed by atoms with Gasteiger partial charge in [0.2, 0.25) is 0 Å².